The largest absolute Gasteiger partial charge is 0.235 e. The Morgan fingerprint density at radius 3 is 2.62 bits per heavy atom. The van der Waals surface area contributed by atoms with Crippen LogP contribution in [0, 0.1) is 13.8 Å². The molecule has 21 heavy (non-hydrogen) atoms. The van der Waals surface area contributed by atoms with E-state index in [1.54, 1.807) is 11.3 Å². The molecule has 0 saturated heterocycles. The van der Waals surface area contributed by atoms with Crippen molar-refractivity contribution in [2.45, 2.75) is 32.9 Å². The van der Waals surface area contributed by atoms with Gasteiger partial charge in [-0.25, -0.2) is 0 Å². The van der Waals surface area contributed by atoms with Crippen molar-refractivity contribution in [2.24, 2.45) is 0 Å². The molecule has 0 aliphatic rings. The van der Waals surface area contributed by atoms with E-state index in [0.717, 1.165) is 32.9 Å². The van der Waals surface area contributed by atoms with Gasteiger partial charge in [0.25, 0.3) is 0 Å². The van der Waals surface area contributed by atoms with Crippen LogP contribution in [0.5, 0.6) is 0 Å². The Bertz CT molecular complexity index is 740. The number of aromatic nitrogens is 4. The fourth-order valence-corrected chi connectivity index (χ4v) is 3.91. The highest BCUT2D eigenvalue weighted by atomic mass is 32.2. The van der Waals surface area contributed by atoms with Crippen LogP contribution < -0.4 is 0 Å². The van der Waals surface area contributed by atoms with Gasteiger partial charge in [-0.05, 0) is 38.2 Å². The zero-order valence-electron chi connectivity index (χ0n) is 12.5. The molecule has 0 aliphatic heterocycles. The molecule has 1 aromatic carbocycles. The first-order valence-electron chi connectivity index (χ1n) is 7.05. The highest BCUT2D eigenvalue weighted by molar-refractivity contribution is 7.98. The minimum absolute atomic E-state index is 0.866. The summed E-state index contributed by atoms with van der Waals surface area (Å²) in [5, 5.41) is 14.2. The number of benzene rings is 1. The molecule has 4 nitrogen and oxygen atoms in total. The molecule has 0 N–H and O–H groups in total. The smallest absolute Gasteiger partial charge is 0.186 e. The van der Waals surface area contributed by atoms with Gasteiger partial charge < -0.3 is 0 Å². The third kappa shape index (κ3) is 3.11. The van der Waals surface area contributed by atoms with E-state index in [4.69, 9.17) is 5.10 Å². The van der Waals surface area contributed by atoms with E-state index in [1.807, 2.05) is 16.3 Å². The SMILES string of the molecule is CCCSCc1nnc2sc(-c3cc(C)cc(C)c3)nn12. The van der Waals surface area contributed by atoms with E-state index in [9.17, 15) is 0 Å². The predicted molar refractivity (Wildman–Crippen MR) is 90.0 cm³/mol. The maximum atomic E-state index is 4.70. The predicted octanol–water partition coefficient (Wildman–Crippen LogP) is 4.11. The second-order valence-electron chi connectivity index (χ2n) is 5.15. The van der Waals surface area contributed by atoms with Crippen molar-refractivity contribution in [3.8, 4) is 10.6 Å². The lowest BCUT2D eigenvalue weighted by molar-refractivity contribution is 0.886. The summed E-state index contributed by atoms with van der Waals surface area (Å²) in [6, 6.07) is 6.52. The second-order valence-corrected chi connectivity index (χ2v) is 7.21. The van der Waals surface area contributed by atoms with E-state index in [1.165, 1.54) is 17.5 Å². The number of hydrogen-bond donors (Lipinski definition) is 0. The molecule has 6 heteroatoms. The minimum Gasteiger partial charge on any atom is -0.186 e. The van der Waals surface area contributed by atoms with Crippen molar-refractivity contribution < 1.29 is 0 Å². The second kappa shape index (κ2) is 6.15. The topological polar surface area (TPSA) is 43.1 Å². The van der Waals surface area contributed by atoms with Crippen molar-refractivity contribution in [3.05, 3.63) is 35.2 Å². The van der Waals surface area contributed by atoms with Gasteiger partial charge in [0.1, 0.15) is 5.01 Å². The summed E-state index contributed by atoms with van der Waals surface area (Å²) in [5.74, 6) is 2.95. The summed E-state index contributed by atoms with van der Waals surface area (Å²) < 4.78 is 1.89. The number of nitrogens with zero attached hydrogens (tertiary/aromatic N) is 4. The van der Waals surface area contributed by atoms with Crippen LogP contribution in [-0.4, -0.2) is 25.6 Å². The van der Waals surface area contributed by atoms with Gasteiger partial charge >= 0.3 is 0 Å². The van der Waals surface area contributed by atoms with Gasteiger partial charge in [-0.1, -0.05) is 35.5 Å². The standard InChI is InChI=1S/C15H18N4S2/c1-4-5-20-9-13-16-17-15-19(13)18-14(21-15)12-7-10(2)6-11(3)8-12/h6-8H,4-5,9H2,1-3H3. The number of rotatable bonds is 5. The molecule has 0 spiro atoms. The molecule has 3 aromatic rings. The zero-order valence-corrected chi connectivity index (χ0v) is 14.1. The third-order valence-corrected chi connectivity index (χ3v) is 5.21. The maximum absolute atomic E-state index is 4.70. The van der Waals surface area contributed by atoms with Gasteiger partial charge in [-0.3, -0.25) is 0 Å². The summed E-state index contributed by atoms with van der Waals surface area (Å²) in [4.78, 5) is 0.872. The molecule has 0 atom stereocenters. The number of aryl methyl sites for hydroxylation is 2. The summed E-state index contributed by atoms with van der Waals surface area (Å²) in [7, 11) is 0. The Morgan fingerprint density at radius 1 is 1.14 bits per heavy atom. The lowest BCUT2D eigenvalue weighted by Gasteiger charge is -2.01. The molecule has 0 amide bonds. The average molecular weight is 318 g/mol. The molecule has 110 valence electrons. The van der Waals surface area contributed by atoms with E-state index >= 15 is 0 Å². The third-order valence-electron chi connectivity index (χ3n) is 3.10. The Balaban J connectivity index is 1.93. The molecule has 3 rings (SSSR count). The normalized spacial score (nSPS) is 11.4. The highest BCUT2D eigenvalue weighted by Crippen LogP contribution is 2.27. The van der Waals surface area contributed by atoms with Crippen LogP contribution in [0.25, 0.3) is 15.5 Å². The molecule has 0 radical (unpaired) electrons. The number of fused-ring (bicyclic) bond motifs is 1. The van der Waals surface area contributed by atoms with Gasteiger partial charge in [0.15, 0.2) is 5.82 Å². The minimum atomic E-state index is 0.866. The summed E-state index contributed by atoms with van der Waals surface area (Å²) in [5.41, 5.74) is 3.68. The van der Waals surface area contributed by atoms with Crippen LogP contribution in [0.15, 0.2) is 18.2 Å². The first kappa shape index (κ1) is 14.5. The fraction of sp³-hybridized carbons (Fsp3) is 0.400. The summed E-state index contributed by atoms with van der Waals surface area (Å²) >= 11 is 3.47. The molecule has 0 fully saturated rings. The zero-order chi connectivity index (χ0) is 14.8. The highest BCUT2D eigenvalue weighted by Gasteiger charge is 2.13. The molecule has 2 aromatic heterocycles. The maximum Gasteiger partial charge on any atom is 0.235 e. The van der Waals surface area contributed by atoms with Crippen LogP contribution in [0.2, 0.25) is 0 Å². The first-order chi connectivity index (χ1) is 10.2. The van der Waals surface area contributed by atoms with Crippen LogP contribution >= 0.6 is 23.1 Å². The Labute approximate surface area is 132 Å². The van der Waals surface area contributed by atoms with Gasteiger partial charge in [0, 0.05) is 5.56 Å². The van der Waals surface area contributed by atoms with Gasteiger partial charge in [-0.2, -0.15) is 21.4 Å². The molecular weight excluding hydrogens is 300 g/mol. The van der Waals surface area contributed by atoms with E-state index < -0.39 is 0 Å². The van der Waals surface area contributed by atoms with Crippen molar-refractivity contribution >= 4 is 28.1 Å². The Kier molecular flexibility index (Phi) is 4.26. The molecule has 2 heterocycles. The Morgan fingerprint density at radius 2 is 1.90 bits per heavy atom. The van der Waals surface area contributed by atoms with Crippen molar-refractivity contribution in [1.29, 1.82) is 0 Å². The monoisotopic (exact) mass is 318 g/mol. The van der Waals surface area contributed by atoms with Gasteiger partial charge in [0.2, 0.25) is 4.96 Å². The number of hydrogen-bond acceptors (Lipinski definition) is 5. The van der Waals surface area contributed by atoms with Crippen LogP contribution in [0.4, 0.5) is 0 Å². The van der Waals surface area contributed by atoms with Gasteiger partial charge in [0.05, 0.1) is 5.75 Å². The fourth-order valence-electron chi connectivity index (χ4n) is 2.27. The van der Waals surface area contributed by atoms with Crippen LogP contribution in [0.1, 0.15) is 30.3 Å². The van der Waals surface area contributed by atoms with Crippen molar-refractivity contribution in [1.82, 2.24) is 19.8 Å². The van der Waals surface area contributed by atoms with Crippen LogP contribution in [-0.2, 0) is 5.75 Å². The number of thioether (sulfide) groups is 1. The molecule has 0 unspecified atom stereocenters. The van der Waals surface area contributed by atoms with Crippen molar-refractivity contribution in [2.75, 3.05) is 5.75 Å². The summed E-state index contributed by atoms with van der Waals surface area (Å²) in [6.07, 6.45) is 1.18. The average Bonchev–Trinajstić information content (AvgIpc) is 2.99. The molecule has 0 saturated carbocycles. The lowest BCUT2D eigenvalue weighted by Crippen LogP contribution is -1.94. The molecule has 0 aliphatic carbocycles. The first-order valence-corrected chi connectivity index (χ1v) is 9.02. The lowest BCUT2D eigenvalue weighted by atomic mass is 10.1. The Hall–Kier alpha value is -1.40. The van der Waals surface area contributed by atoms with Crippen molar-refractivity contribution in [3.63, 3.8) is 0 Å². The molecular formula is C15H18N4S2. The van der Waals surface area contributed by atoms with Gasteiger partial charge in [-0.15, -0.1) is 10.2 Å². The molecule has 0 bridgehead atoms. The van der Waals surface area contributed by atoms with E-state index in [2.05, 4.69) is 49.2 Å². The summed E-state index contributed by atoms with van der Waals surface area (Å²) in [6.45, 7) is 6.42. The quantitative estimate of drug-likeness (QED) is 0.664. The van der Waals surface area contributed by atoms with Crippen LogP contribution in [0.3, 0.4) is 0 Å². The van der Waals surface area contributed by atoms with E-state index in [0.29, 0.717) is 0 Å². The van der Waals surface area contributed by atoms with E-state index in [-0.39, 0.29) is 0 Å².